The van der Waals surface area contributed by atoms with Crippen LogP contribution in [0.3, 0.4) is 0 Å². The van der Waals surface area contributed by atoms with Crippen molar-refractivity contribution in [2.75, 3.05) is 0 Å². The van der Waals surface area contributed by atoms with E-state index in [1.165, 1.54) is 0 Å². The van der Waals surface area contributed by atoms with Crippen LogP contribution in [0.5, 0.6) is 0 Å². The molecule has 7 heteroatoms. The molecule has 0 aromatic heterocycles. The second-order valence-corrected chi connectivity index (χ2v) is 0.671. The van der Waals surface area contributed by atoms with Gasteiger partial charge in [0, 0.05) is 0 Å². The van der Waals surface area contributed by atoms with Crippen LogP contribution in [-0.2, 0) is 0 Å². The van der Waals surface area contributed by atoms with Gasteiger partial charge in [-0.25, -0.2) is 0 Å². The first-order chi connectivity index (χ1) is 1.73. The smallest absolute Gasteiger partial charge is 0.438 e. The first-order valence-electron chi connectivity index (χ1n) is 0.548. The molecule has 7 heavy (non-hydrogen) atoms. The third-order valence-electron chi connectivity index (χ3n) is 0. The van der Waals surface area contributed by atoms with Crippen molar-refractivity contribution in [1.29, 1.82) is 0 Å². The Balaban J connectivity index is -0.0000000150. The van der Waals surface area contributed by atoms with E-state index in [2.05, 4.69) is 0 Å². The maximum Gasteiger partial charge on any atom is -0.438 e. The average Bonchev–Trinajstić information content (AvgIpc) is 0.811. The Morgan fingerprint density at radius 2 is 1.00 bits per heavy atom. The molecule has 0 saturated carbocycles. The van der Waals surface area contributed by atoms with E-state index in [4.69, 9.17) is 14.7 Å². The molecule has 0 atom stereocenters. The zero-order valence-corrected chi connectivity index (χ0v) is 4.30. The molecule has 0 spiro atoms. The van der Waals surface area contributed by atoms with Crippen LogP contribution in [0, 0.1) is 0 Å². The minimum Gasteiger partial charge on any atom is -0.854 e. The predicted octanol–water partition coefficient (Wildman–Crippen LogP) is -5.45. The molecule has 0 radical (unpaired) electrons. The van der Waals surface area contributed by atoms with E-state index in [0.29, 0.717) is 0 Å². The topological polar surface area (TPSA) is 69.2 Å². The molecular formula is H6AlGaInO3P. The molecule has 3 nitrogen and oxygen atoms in total. The van der Waals surface area contributed by atoms with E-state index in [-0.39, 0.29) is 63.0 Å². The Hall–Kier alpha value is 2.35. The average molecular weight is 297 g/mol. The van der Waals surface area contributed by atoms with Gasteiger partial charge in [-0.2, -0.15) is 0 Å². The third kappa shape index (κ3) is 61.0. The van der Waals surface area contributed by atoms with E-state index in [1.54, 1.807) is 0 Å². The van der Waals surface area contributed by atoms with Gasteiger partial charge in [0.05, 0.1) is 0 Å². The van der Waals surface area contributed by atoms with Gasteiger partial charge in [-0.1, -0.05) is 0 Å². The molecular weight excluding hydrogens is 290 g/mol. The summed E-state index contributed by atoms with van der Waals surface area (Å²) < 4.78 is 0. The van der Waals surface area contributed by atoms with Crippen molar-refractivity contribution in [3.8, 4) is 0 Å². The van der Waals surface area contributed by atoms with Gasteiger partial charge in [-0.15, -0.1) is 0 Å². The predicted molar refractivity (Wildman–Crippen MR) is 32.6 cm³/mol. The Bertz CT molecular complexity index is 19.7. The summed E-state index contributed by atoms with van der Waals surface area (Å²) in [7, 11) is -3.37. The summed E-state index contributed by atoms with van der Waals surface area (Å²) >= 11 is 0. The minimum absolute atomic E-state index is 0. The van der Waals surface area contributed by atoms with Gasteiger partial charge in [0.2, 0.25) is 0 Å². The molecule has 0 N–H and O–H groups in total. The van der Waals surface area contributed by atoms with E-state index < -0.39 is 8.60 Å². The molecule has 0 aromatic rings. The maximum atomic E-state index is 8.48. The molecule has 0 aliphatic carbocycles. The van der Waals surface area contributed by atoms with E-state index in [0.717, 1.165) is 0 Å². The second-order valence-electron chi connectivity index (χ2n) is 0.224. The second kappa shape index (κ2) is 15.8. The van der Waals surface area contributed by atoms with Crippen molar-refractivity contribution >= 4 is 71.6 Å². The quantitative estimate of drug-likeness (QED) is 0.331. The van der Waals surface area contributed by atoms with Gasteiger partial charge in [0.1, 0.15) is 0 Å². The van der Waals surface area contributed by atoms with Gasteiger partial charge in [0.15, 0.2) is 0 Å². The zero-order chi connectivity index (χ0) is 3.58. The maximum absolute atomic E-state index is 8.48. The fourth-order valence-electron chi connectivity index (χ4n) is 0. The van der Waals surface area contributed by atoms with Crippen LogP contribution in [0.15, 0.2) is 0 Å². The molecule has 0 rings (SSSR count). The van der Waals surface area contributed by atoms with Gasteiger partial charge < -0.3 is 23.3 Å². The van der Waals surface area contributed by atoms with Crippen LogP contribution in [0.2, 0.25) is 0 Å². The van der Waals surface area contributed by atoms with Gasteiger partial charge in [0.25, 0.3) is 0 Å². The van der Waals surface area contributed by atoms with E-state index in [9.17, 15) is 0 Å². The van der Waals surface area contributed by atoms with E-state index in [1.807, 2.05) is 0 Å². The summed E-state index contributed by atoms with van der Waals surface area (Å²) in [4.78, 5) is 25.4. The summed E-state index contributed by atoms with van der Waals surface area (Å²) in [5.41, 5.74) is 0. The molecule has 0 aliphatic heterocycles. The SMILES string of the molecule is [Al+3].[GaH3].[InH3].[O-]P([O-])[O-]. The monoisotopic (exact) mass is 296 g/mol. The van der Waals surface area contributed by atoms with Gasteiger partial charge in [-0.05, 0) is 0 Å². The van der Waals surface area contributed by atoms with Crippen LogP contribution in [0.1, 0.15) is 0 Å². The van der Waals surface area contributed by atoms with Gasteiger partial charge >= 0.3 is 63.0 Å². The Kier molecular flexibility index (Phi) is 51.3. The number of hydrogen-bond acceptors (Lipinski definition) is 3. The van der Waals surface area contributed by atoms with Crippen LogP contribution in [-0.4, -0.2) is 63.0 Å². The summed E-state index contributed by atoms with van der Waals surface area (Å²) in [6.07, 6.45) is 0. The van der Waals surface area contributed by atoms with Crippen LogP contribution >= 0.6 is 8.60 Å². The number of rotatable bonds is 0. The zero-order valence-electron chi connectivity index (χ0n) is 2.25. The molecule has 0 unspecified atom stereocenters. The van der Waals surface area contributed by atoms with Crippen LogP contribution in [0.4, 0.5) is 0 Å². The summed E-state index contributed by atoms with van der Waals surface area (Å²) in [5, 5.41) is 0. The Morgan fingerprint density at radius 1 is 1.00 bits per heavy atom. The van der Waals surface area contributed by atoms with E-state index >= 15 is 0 Å². The first-order valence-corrected chi connectivity index (χ1v) is 1.64. The van der Waals surface area contributed by atoms with Crippen LogP contribution in [0.25, 0.3) is 0 Å². The molecule has 0 bridgehead atoms. The van der Waals surface area contributed by atoms with Crippen LogP contribution < -0.4 is 14.7 Å². The largest absolute Gasteiger partial charge is 0.854 e. The Morgan fingerprint density at radius 3 is 1.00 bits per heavy atom. The first kappa shape index (κ1) is 22.8. The normalized spacial score (nSPS) is 5.14. The molecule has 0 heterocycles. The third-order valence-corrected chi connectivity index (χ3v) is 0. The summed E-state index contributed by atoms with van der Waals surface area (Å²) in [6.45, 7) is 0. The fraction of sp³-hybridized carbons (Fsp3) is 0. The molecule has 0 aliphatic rings. The molecule has 38 valence electrons. The molecule has 0 saturated heterocycles. The molecule has 0 fully saturated rings. The Labute approximate surface area is 85.5 Å². The minimum atomic E-state index is -3.37. The van der Waals surface area contributed by atoms with Crippen molar-refractivity contribution in [2.45, 2.75) is 0 Å². The van der Waals surface area contributed by atoms with Crippen molar-refractivity contribution in [1.82, 2.24) is 0 Å². The molecule has 0 aromatic carbocycles. The summed E-state index contributed by atoms with van der Waals surface area (Å²) in [6, 6.07) is 0. The van der Waals surface area contributed by atoms with Crippen molar-refractivity contribution in [2.24, 2.45) is 0 Å². The number of hydrogen-bond donors (Lipinski definition) is 0. The summed E-state index contributed by atoms with van der Waals surface area (Å²) in [5.74, 6) is 0. The molecule has 0 amide bonds. The van der Waals surface area contributed by atoms with Crippen molar-refractivity contribution in [3.05, 3.63) is 0 Å². The fourth-order valence-corrected chi connectivity index (χ4v) is 0. The van der Waals surface area contributed by atoms with Gasteiger partial charge in [-0.3, -0.25) is 0 Å². The van der Waals surface area contributed by atoms with Crippen molar-refractivity contribution < 1.29 is 14.7 Å². The van der Waals surface area contributed by atoms with Crippen molar-refractivity contribution in [3.63, 3.8) is 0 Å². The standard InChI is InChI=1S/Al.Ga.In.O3P.6H/c;;;1-4(2)3;;;;;;/q+3;;;-3;;;;;;.